The summed E-state index contributed by atoms with van der Waals surface area (Å²) in [5, 5.41) is 26.5. The minimum Gasteiger partial charge on any atom is -0.492 e. The molecule has 9 N–H and O–H groups in total. The highest BCUT2D eigenvalue weighted by atomic mass is 16.5. The lowest BCUT2D eigenvalue weighted by molar-refractivity contribution is 0.0143. The molecule has 1 saturated heterocycles. The van der Waals surface area contributed by atoms with Gasteiger partial charge in [-0.25, -0.2) is 9.98 Å². The minimum absolute atomic E-state index is 0.0201. The van der Waals surface area contributed by atoms with Crippen LogP contribution in [0.15, 0.2) is 45.2 Å². The molecule has 6 rings (SSSR count). The molecule has 1 aromatic heterocycles. The van der Waals surface area contributed by atoms with Crippen molar-refractivity contribution < 1.29 is 19.4 Å². The van der Waals surface area contributed by atoms with E-state index in [9.17, 15) is 19.5 Å². The number of guanidine groups is 2. The molecule has 2 amide bonds. The Morgan fingerprint density at radius 2 is 2.05 bits per heavy atom. The number of carbonyl (C=O) groups is 2. The van der Waals surface area contributed by atoms with Crippen LogP contribution in [0.25, 0.3) is 0 Å². The Kier molecular flexibility index (Phi) is 6.13. The van der Waals surface area contributed by atoms with Crippen molar-refractivity contribution in [1.29, 1.82) is 0 Å². The molecule has 5 atom stereocenters. The predicted octanol–water partition coefficient (Wildman–Crippen LogP) is -2.29. The zero-order valence-corrected chi connectivity index (χ0v) is 22.5. The van der Waals surface area contributed by atoms with Crippen molar-refractivity contribution in [2.45, 2.75) is 55.6 Å². The van der Waals surface area contributed by atoms with Crippen LogP contribution in [-0.4, -0.2) is 93.5 Å². The van der Waals surface area contributed by atoms with E-state index in [1.54, 1.807) is 11.0 Å². The van der Waals surface area contributed by atoms with Gasteiger partial charge in [0, 0.05) is 24.7 Å². The average Bonchev–Trinajstić information content (AvgIpc) is 3.43. The van der Waals surface area contributed by atoms with Gasteiger partial charge in [-0.15, -0.1) is 0 Å². The van der Waals surface area contributed by atoms with Crippen molar-refractivity contribution in [3.63, 3.8) is 0 Å². The number of H-pyrrole nitrogens is 1. The minimum atomic E-state index is -1.31. The van der Waals surface area contributed by atoms with Crippen LogP contribution >= 0.6 is 0 Å². The SMILES string of the molecule is CC1(C)CCOc2c(C(=O)N[C@@H]3CN4C(N)=N[C@@H](CNC(=O)c5cc(=O)cn[nH]5)C5N=C(N)NC54[C@@H]3O)cccc21. The average molecular weight is 565 g/mol. The summed E-state index contributed by atoms with van der Waals surface area (Å²) in [5.74, 6) is -0.270. The van der Waals surface area contributed by atoms with Gasteiger partial charge in [0.25, 0.3) is 11.8 Å². The summed E-state index contributed by atoms with van der Waals surface area (Å²) in [6.07, 6.45) is 0.679. The lowest BCUT2D eigenvalue weighted by Gasteiger charge is -2.46. The number of aliphatic imine (C=N–C) groups is 2. The number of nitrogens with one attached hydrogen (secondary N) is 4. The van der Waals surface area contributed by atoms with Gasteiger partial charge in [0.2, 0.25) is 5.43 Å². The van der Waals surface area contributed by atoms with Crippen LogP contribution in [0.3, 0.4) is 0 Å². The van der Waals surface area contributed by atoms with Gasteiger partial charge in [-0.05, 0) is 17.9 Å². The van der Waals surface area contributed by atoms with Crippen molar-refractivity contribution in [1.82, 2.24) is 31.0 Å². The number of carbonyl (C=O) groups excluding carboxylic acids is 2. The highest BCUT2D eigenvalue weighted by Crippen LogP contribution is 2.42. The Hall–Kier alpha value is -4.66. The first-order valence-corrected chi connectivity index (χ1v) is 13.3. The largest absolute Gasteiger partial charge is 0.492 e. The normalized spacial score (nSPS) is 29.1. The molecule has 15 nitrogen and oxygen atoms in total. The number of aromatic nitrogens is 2. The molecule has 0 bridgehead atoms. The quantitative estimate of drug-likeness (QED) is 0.206. The number of aromatic amines is 1. The molecular formula is C26H32N10O5. The second-order valence-corrected chi connectivity index (χ2v) is 11.3. The Morgan fingerprint density at radius 3 is 2.83 bits per heavy atom. The van der Waals surface area contributed by atoms with E-state index in [0.29, 0.717) is 17.9 Å². The Balaban J connectivity index is 1.23. The van der Waals surface area contributed by atoms with Gasteiger partial charge in [-0.1, -0.05) is 26.0 Å². The van der Waals surface area contributed by atoms with Crippen molar-refractivity contribution in [2.75, 3.05) is 19.7 Å². The van der Waals surface area contributed by atoms with Crippen LogP contribution in [0.2, 0.25) is 0 Å². The Labute approximate surface area is 234 Å². The molecule has 216 valence electrons. The fourth-order valence-corrected chi connectivity index (χ4v) is 6.18. The number of aliphatic hydroxyl groups is 1. The van der Waals surface area contributed by atoms with E-state index in [0.717, 1.165) is 24.2 Å². The molecule has 2 aromatic rings. The second-order valence-electron chi connectivity index (χ2n) is 11.3. The number of ether oxygens (including phenoxy) is 1. The molecule has 1 spiro atoms. The molecule has 2 unspecified atom stereocenters. The van der Waals surface area contributed by atoms with E-state index in [1.165, 1.54) is 0 Å². The third-order valence-corrected chi connectivity index (χ3v) is 8.31. The van der Waals surface area contributed by atoms with Gasteiger partial charge in [-0.3, -0.25) is 19.5 Å². The number of para-hydroxylation sites is 1. The van der Waals surface area contributed by atoms with E-state index in [4.69, 9.17) is 16.2 Å². The van der Waals surface area contributed by atoms with Crippen molar-refractivity contribution >= 4 is 23.7 Å². The van der Waals surface area contributed by atoms with E-state index < -0.39 is 47.1 Å². The molecule has 0 radical (unpaired) electrons. The van der Waals surface area contributed by atoms with Crippen LogP contribution < -0.4 is 37.6 Å². The van der Waals surface area contributed by atoms with E-state index in [2.05, 4.69) is 50.0 Å². The number of fused-ring (bicyclic) bond motifs is 1. The van der Waals surface area contributed by atoms with Crippen LogP contribution in [0.4, 0.5) is 0 Å². The van der Waals surface area contributed by atoms with Crippen LogP contribution in [0, 0.1) is 0 Å². The van der Waals surface area contributed by atoms with Crippen molar-refractivity contribution in [2.24, 2.45) is 21.5 Å². The summed E-state index contributed by atoms with van der Waals surface area (Å²) in [6.45, 7) is 4.83. The van der Waals surface area contributed by atoms with Crippen LogP contribution in [0.5, 0.6) is 5.75 Å². The molecular weight excluding hydrogens is 532 g/mol. The Morgan fingerprint density at radius 1 is 1.24 bits per heavy atom. The molecule has 5 heterocycles. The topological polar surface area (TPSA) is 225 Å². The monoisotopic (exact) mass is 564 g/mol. The number of hydrogen-bond donors (Lipinski definition) is 7. The lowest BCUT2D eigenvalue weighted by Crippen LogP contribution is -2.73. The summed E-state index contributed by atoms with van der Waals surface area (Å²) >= 11 is 0. The first-order valence-electron chi connectivity index (χ1n) is 13.3. The molecule has 1 fully saturated rings. The number of aliphatic hydroxyl groups excluding tert-OH is 1. The smallest absolute Gasteiger partial charge is 0.269 e. The maximum Gasteiger partial charge on any atom is 0.269 e. The molecule has 4 aliphatic heterocycles. The molecule has 0 saturated carbocycles. The number of benzene rings is 1. The molecule has 1 aromatic carbocycles. The van der Waals surface area contributed by atoms with Gasteiger partial charge in [-0.2, -0.15) is 5.10 Å². The van der Waals surface area contributed by atoms with E-state index in [-0.39, 0.29) is 36.1 Å². The third-order valence-electron chi connectivity index (χ3n) is 8.31. The second kappa shape index (κ2) is 9.47. The lowest BCUT2D eigenvalue weighted by atomic mass is 9.79. The molecule has 41 heavy (non-hydrogen) atoms. The number of hydrogen-bond acceptors (Lipinski definition) is 12. The number of nitrogens with two attached hydrogens (primary N) is 2. The highest BCUT2D eigenvalue weighted by Gasteiger charge is 2.65. The van der Waals surface area contributed by atoms with Crippen LogP contribution in [-0.2, 0) is 5.41 Å². The molecule has 4 aliphatic rings. The predicted molar refractivity (Wildman–Crippen MR) is 147 cm³/mol. The number of rotatable bonds is 5. The summed E-state index contributed by atoms with van der Waals surface area (Å²) in [6, 6.07) is 4.37. The number of nitrogens with zero attached hydrogens (tertiary/aromatic N) is 4. The summed E-state index contributed by atoms with van der Waals surface area (Å²) in [7, 11) is 0. The summed E-state index contributed by atoms with van der Waals surface area (Å²) in [5.41, 5.74) is 11.9. The van der Waals surface area contributed by atoms with Gasteiger partial charge in [0.05, 0.1) is 30.5 Å². The maximum atomic E-state index is 13.5. The standard InChI is InChI=1S/C26H32N10O5/c1-25(2)6-7-41-18-13(4-3-5-14(18)25)21(39)31-17-11-36-24(28)32-16(19-26(36,20(17)38)34-23(27)33-19)10-29-22(40)15-8-12(37)9-30-35-15/h3-5,8-9,16-17,19-20,38H,6-7,10-11H2,1-2H3,(H2,28,32)(H,29,40)(H,31,39)(H,35,37)(H3,27,33,34)/t16-,17+,19?,20+,26?/m0/s1. The maximum absolute atomic E-state index is 13.5. The van der Waals surface area contributed by atoms with Gasteiger partial charge in [0.1, 0.15) is 23.6 Å². The van der Waals surface area contributed by atoms with Crippen molar-refractivity contribution in [3.8, 4) is 5.75 Å². The van der Waals surface area contributed by atoms with Gasteiger partial charge >= 0.3 is 0 Å². The zero-order valence-electron chi connectivity index (χ0n) is 22.5. The first-order chi connectivity index (χ1) is 19.5. The molecule has 0 aliphatic carbocycles. The first kappa shape index (κ1) is 26.6. The van der Waals surface area contributed by atoms with E-state index in [1.807, 2.05) is 12.1 Å². The number of amides is 2. The zero-order chi connectivity index (χ0) is 29.1. The van der Waals surface area contributed by atoms with Gasteiger partial charge < -0.3 is 42.2 Å². The highest BCUT2D eigenvalue weighted by molar-refractivity contribution is 5.98. The fourth-order valence-electron chi connectivity index (χ4n) is 6.18. The summed E-state index contributed by atoms with van der Waals surface area (Å²) in [4.78, 5) is 48.4. The summed E-state index contributed by atoms with van der Waals surface area (Å²) < 4.78 is 5.92. The van der Waals surface area contributed by atoms with Crippen LogP contribution in [0.1, 0.15) is 46.7 Å². The van der Waals surface area contributed by atoms with Gasteiger partial charge in [0.15, 0.2) is 17.6 Å². The fraction of sp³-hybridized carbons (Fsp3) is 0.462. The third kappa shape index (κ3) is 4.23. The molecule has 15 heteroatoms. The van der Waals surface area contributed by atoms with Crippen molar-refractivity contribution in [3.05, 3.63) is 57.5 Å². The van der Waals surface area contributed by atoms with E-state index >= 15 is 0 Å². The Bertz CT molecular complexity index is 1540.